The van der Waals surface area contributed by atoms with Crippen molar-refractivity contribution in [3.8, 4) is 0 Å². The van der Waals surface area contributed by atoms with E-state index in [1.807, 2.05) is 6.20 Å². The molecule has 1 saturated heterocycles. The first-order valence-electron chi connectivity index (χ1n) is 7.13. The molecule has 1 aromatic heterocycles. The summed E-state index contributed by atoms with van der Waals surface area (Å²) in [5.74, 6) is 0.388. The molecule has 2 atom stereocenters. The predicted octanol–water partition coefficient (Wildman–Crippen LogP) is 2.17. The molecule has 0 aliphatic carbocycles. The largest absolute Gasteiger partial charge is 0.355 e. The molecule has 0 saturated carbocycles. The monoisotopic (exact) mass is 317 g/mol. The van der Waals surface area contributed by atoms with E-state index in [2.05, 4.69) is 29.5 Å². The van der Waals surface area contributed by atoms with Crippen molar-refractivity contribution in [2.45, 2.75) is 45.6 Å². The van der Waals surface area contributed by atoms with Crippen LogP contribution in [0.15, 0.2) is 6.20 Å². The number of thiazole rings is 1. The second kappa shape index (κ2) is 8.60. The Labute approximate surface area is 131 Å². The van der Waals surface area contributed by atoms with Crippen molar-refractivity contribution in [1.29, 1.82) is 0 Å². The van der Waals surface area contributed by atoms with Crippen LogP contribution < -0.4 is 10.6 Å². The van der Waals surface area contributed by atoms with Gasteiger partial charge >= 0.3 is 0 Å². The van der Waals surface area contributed by atoms with E-state index >= 15 is 0 Å². The molecular weight excluding hydrogens is 294 g/mol. The van der Waals surface area contributed by atoms with Crippen LogP contribution in [-0.4, -0.2) is 30.0 Å². The van der Waals surface area contributed by atoms with E-state index in [4.69, 9.17) is 0 Å². The number of amides is 1. The number of nitrogens with one attached hydrogen (secondary N) is 2. The Morgan fingerprint density at radius 1 is 1.60 bits per heavy atom. The van der Waals surface area contributed by atoms with Crippen LogP contribution in [0.1, 0.15) is 36.6 Å². The van der Waals surface area contributed by atoms with Gasteiger partial charge < -0.3 is 10.6 Å². The molecular formula is C14H24ClN3OS. The fourth-order valence-corrected chi connectivity index (χ4v) is 3.30. The van der Waals surface area contributed by atoms with Gasteiger partial charge in [0.1, 0.15) is 0 Å². The van der Waals surface area contributed by atoms with E-state index < -0.39 is 0 Å². The van der Waals surface area contributed by atoms with E-state index in [1.165, 1.54) is 4.88 Å². The Morgan fingerprint density at radius 3 is 3.05 bits per heavy atom. The van der Waals surface area contributed by atoms with Gasteiger partial charge in [0.05, 0.1) is 5.01 Å². The average molecular weight is 318 g/mol. The van der Waals surface area contributed by atoms with Gasteiger partial charge in [-0.15, -0.1) is 23.7 Å². The number of nitrogens with zero attached hydrogens (tertiary/aromatic N) is 1. The smallest absolute Gasteiger partial charge is 0.223 e. The summed E-state index contributed by atoms with van der Waals surface area (Å²) in [6.07, 6.45) is 5.72. The van der Waals surface area contributed by atoms with Crippen LogP contribution in [0.25, 0.3) is 0 Å². The van der Waals surface area contributed by atoms with Crippen LogP contribution in [-0.2, 0) is 17.6 Å². The lowest BCUT2D eigenvalue weighted by Gasteiger charge is -2.27. The molecule has 6 heteroatoms. The van der Waals surface area contributed by atoms with Crippen molar-refractivity contribution < 1.29 is 4.79 Å². The first-order chi connectivity index (χ1) is 9.19. The normalized spacial score (nSPS) is 22.1. The highest BCUT2D eigenvalue weighted by atomic mass is 35.5. The number of halogens is 1. The Morgan fingerprint density at radius 2 is 2.40 bits per heavy atom. The van der Waals surface area contributed by atoms with E-state index in [-0.39, 0.29) is 24.2 Å². The van der Waals surface area contributed by atoms with Crippen molar-refractivity contribution in [1.82, 2.24) is 15.6 Å². The van der Waals surface area contributed by atoms with Gasteiger partial charge in [-0.3, -0.25) is 4.79 Å². The maximum Gasteiger partial charge on any atom is 0.223 e. The summed E-state index contributed by atoms with van der Waals surface area (Å²) in [6.45, 7) is 5.93. The van der Waals surface area contributed by atoms with Gasteiger partial charge in [-0.25, -0.2) is 4.98 Å². The summed E-state index contributed by atoms with van der Waals surface area (Å²) < 4.78 is 0. The van der Waals surface area contributed by atoms with Gasteiger partial charge in [0.2, 0.25) is 5.91 Å². The second-order valence-corrected chi connectivity index (χ2v) is 6.39. The molecule has 1 fully saturated rings. The summed E-state index contributed by atoms with van der Waals surface area (Å²) >= 11 is 1.75. The molecule has 2 heterocycles. The lowest BCUT2D eigenvalue weighted by atomic mass is 9.92. The molecule has 0 bridgehead atoms. The van der Waals surface area contributed by atoms with Crippen LogP contribution in [0.3, 0.4) is 0 Å². The van der Waals surface area contributed by atoms with Crippen LogP contribution in [0.2, 0.25) is 0 Å². The van der Waals surface area contributed by atoms with Gasteiger partial charge in [0.25, 0.3) is 0 Å². The maximum atomic E-state index is 12.0. The fraction of sp³-hybridized carbons (Fsp3) is 0.714. The number of piperidine rings is 1. The summed E-state index contributed by atoms with van der Waals surface area (Å²) in [5, 5.41) is 7.54. The van der Waals surface area contributed by atoms with Gasteiger partial charge in [0, 0.05) is 36.0 Å². The van der Waals surface area contributed by atoms with Crippen molar-refractivity contribution in [2.24, 2.45) is 5.92 Å². The number of aryl methyl sites for hydroxylation is 1. The van der Waals surface area contributed by atoms with E-state index in [0.29, 0.717) is 12.6 Å². The van der Waals surface area contributed by atoms with Crippen molar-refractivity contribution in [3.05, 3.63) is 16.1 Å². The average Bonchev–Trinajstić information content (AvgIpc) is 2.86. The van der Waals surface area contributed by atoms with Gasteiger partial charge in [0.15, 0.2) is 0 Å². The zero-order valence-electron chi connectivity index (χ0n) is 12.1. The lowest BCUT2D eigenvalue weighted by molar-refractivity contribution is -0.126. The predicted molar refractivity (Wildman–Crippen MR) is 85.6 cm³/mol. The first kappa shape index (κ1) is 17.4. The highest BCUT2D eigenvalue weighted by molar-refractivity contribution is 7.11. The summed E-state index contributed by atoms with van der Waals surface area (Å²) in [7, 11) is 0. The van der Waals surface area contributed by atoms with Crippen molar-refractivity contribution in [2.75, 3.05) is 13.1 Å². The van der Waals surface area contributed by atoms with E-state index in [9.17, 15) is 4.79 Å². The molecule has 20 heavy (non-hydrogen) atoms. The minimum absolute atomic E-state index is 0. The molecule has 1 aromatic rings. The molecule has 2 N–H and O–H groups in total. The number of rotatable bonds is 5. The number of aromatic nitrogens is 1. The van der Waals surface area contributed by atoms with Gasteiger partial charge in [-0.1, -0.05) is 6.92 Å². The van der Waals surface area contributed by atoms with Crippen LogP contribution in [0, 0.1) is 5.92 Å². The number of hydrogen-bond acceptors (Lipinski definition) is 4. The molecule has 4 nitrogen and oxygen atoms in total. The highest BCUT2D eigenvalue weighted by Crippen LogP contribution is 2.16. The molecule has 1 aliphatic heterocycles. The van der Waals surface area contributed by atoms with Gasteiger partial charge in [-0.05, 0) is 32.7 Å². The summed E-state index contributed by atoms with van der Waals surface area (Å²) in [4.78, 5) is 17.7. The van der Waals surface area contributed by atoms with Crippen LogP contribution in [0.5, 0.6) is 0 Å². The molecule has 0 radical (unpaired) electrons. The Balaban J connectivity index is 0.00000200. The zero-order chi connectivity index (χ0) is 13.7. The fourth-order valence-electron chi connectivity index (χ4n) is 2.43. The van der Waals surface area contributed by atoms with E-state index in [0.717, 1.165) is 37.2 Å². The molecule has 0 aromatic carbocycles. The Hall–Kier alpha value is -0.650. The number of carbonyl (C=O) groups is 1. The van der Waals surface area contributed by atoms with Gasteiger partial charge in [-0.2, -0.15) is 0 Å². The Kier molecular flexibility index (Phi) is 7.48. The standard InChI is InChI=1S/C14H23N3OS.ClH/c1-3-12-9-17-13(19-12)5-7-16-14(18)11-4-6-15-10(2)8-11;/h9-11,15H,3-8H2,1-2H3,(H,16,18);1H/t10-,11-;/m0./s1. The number of carbonyl (C=O) groups excluding carboxylic acids is 1. The molecule has 0 spiro atoms. The number of hydrogen-bond donors (Lipinski definition) is 2. The summed E-state index contributed by atoms with van der Waals surface area (Å²) in [6, 6.07) is 0.454. The second-order valence-electron chi connectivity index (χ2n) is 5.19. The first-order valence-corrected chi connectivity index (χ1v) is 7.95. The minimum Gasteiger partial charge on any atom is -0.355 e. The minimum atomic E-state index is 0. The molecule has 114 valence electrons. The third-order valence-electron chi connectivity index (χ3n) is 3.58. The molecule has 1 aliphatic rings. The van der Waals surface area contributed by atoms with Crippen LogP contribution >= 0.6 is 23.7 Å². The lowest BCUT2D eigenvalue weighted by Crippen LogP contribution is -2.42. The maximum absolute atomic E-state index is 12.0. The topological polar surface area (TPSA) is 54.0 Å². The van der Waals surface area contributed by atoms with E-state index in [1.54, 1.807) is 11.3 Å². The summed E-state index contributed by atoms with van der Waals surface area (Å²) in [5.41, 5.74) is 0. The van der Waals surface area contributed by atoms with Crippen molar-refractivity contribution in [3.63, 3.8) is 0 Å². The third kappa shape index (κ3) is 5.04. The SMILES string of the molecule is CCc1cnc(CCNC(=O)[C@H]2CCN[C@@H](C)C2)s1.Cl. The molecule has 0 unspecified atom stereocenters. The zero-order valence-corrected chi connectivity index (χ0v) is 13.8. The Bertz CT molecular complexity index is 424. The highest BCUT2D eigenvalue weighted by Gasteiger charge is 2.24. The van der Waals surface area contributed by atoms with Crippen LogP contribution in [0.4, 0.5) is 0 Å². The third-order valence-corrected chi connectivity index (χ3v) is 4.78. The van der Waals surface area contributed by atoms with Crippen molar-refractivity contribution >= 4 is 29.7 Å². The molecule has 1 amide bonds. The quantitative estimate of drug-likeness (QED) is 0.875. The molecule has 2 rings (SSSR count).